The van der Waals surface area contributed by atoms with Crippen molar-refractivity contribution in [1.82, 2.24) is 0 Å². The van der Waals surface area contributed by atoms with Crippen molar-refractivity contribution in [3.05, 3.63) is 70.3 Å². The minimum Gasteiger partial charge on any atom is -0.467 e. The Morgan fingerprint density at radius 1 is 1.14 bits per heavy atom. The number of benzene rings is 2. The normalized spacial score (nSPS) is 11.6. The number of methoxy groups -OCH3 is 2. The fourth-order valence-electron chi connectivity index (χ4n) is 3.10. The van der Waals surface area contributed by atoms with Crippen LogP contribution in [-0.4, -0.2) is 27.0 Å². The second kappa shape index (κ2) is 10.1. The summed E-state index contributed by atoms with van der Waals surface area (Å²) in [5.74, 6) is 0.653. The molecule has 0 heterocycles. The van der Waals surface area contributed by atoms with E-state index in [1.165, 1.54) is 24.3 Å². The van der Waals surface area contributed by atoms with Crippen molar-refractivity contribution in [3.63, 3.8) is 0 Å². The molecule has 2 aromatic carbocycles. The predicted octanol–water partition coefficient (Wildman–Crippen LogP) is 5.27. The molecule has 0 amide bonds. The molecule has 0 spiro atoms. The van der Waals surface area contributed by atoms with Gasteiger partial charge >= 0.3 is 5.97 Å². The summed E-state index contributed by atoms with van der Waals surface area (Å²) < 4.78 is 16.0. The van der Waals surface area contributed by atoms with Crippen molar-refractivity contribution >= 4 is 11.5 Å². The summed E-state index contributed by atoms with van der Waals surface area (Å²) in [4.78, 5) is 12.2. The van der Waals surface area contributed by atoms with Gasteiger partial charge in [-0.1, -0.05) is 51.1 Å². The minimum absolute atomic E-state index is 0.134. The second-order valence-electron chi connectivity index (χ2n) is 7.06. The highest BCUT2D eigenvalue weighted by atomic mass is 16.7. The first-order valence-corrected chi connectivity index (χ1v) is 9.56. The molecule has 0 fully saturated rings. The molecule has 0 saturated carbocycles. The highest BCUT2D eigenvalue weighted by Gasteiger charge is 2.18. The Kier molecular flexibility index (Phi) is 7.82. The van der Waals surface area contributed by atoms with Crippen molar-refractivity contribution in [2.45, 2.75) is 40.0 Å². The van der Waals surface area contributed by atoms with Crippen LogP contribution in [0.15, 0.2) is 42.5 Å². The van der Waals surface area contributed by atoms with E-state index < -0.39 is 5.97 Å². The van der Waals surface area contributed by atoms with Crippen molar-refractivity contribution in [2.75, 3.05) is 21.0 Å². The lowest BCUT2D eigenvalue weighted by atomic mass is 9.89. The maximum Gasteiger partial charge on any atom is 0.331 e. The average molecular weight is 383 g/mol. The summed E-state index contributed by atoms with van der Waals surface area (Å²) in [5, 5.41) is 0. The Morgan fingerprint density at radius 2 is 1.89 bits per heavy atom. The standard InChI is InChI=1S/C24H30O4/c1-7-18-9-8-10-19(12-18)21(14-23(25)27-6)22-13-20(16(2)3)11-17(4)24(22)28-15-26-5/h8-14,16H,7,15H2,1-6H3/b21-14+. The van der Waals surface area contributed by atoms with E-state index in [4.69, 9.17) is 14.2 Å². The largest absolute Gasteiger partial charge is 0.467 e. The van der Waals surface area contributed by atoms with Gasteiger partial charge in [-0.3, -0.25) is 0 Å². The van der Waals surface area contributed by atoms with Gasteiger partial charge in [0.15, 0.2) is 6.79 Å². The molecule has 28 heavy (non-hydrogen) atoms. The predicted molar refractivity (Wildman–Crippen MR) is 113 cm³/mol. The first kappa shape index (κ1) is 21.7. The van der Waals surface area contributed by atoms with Crippen LogP contribution in [0, 0.1) is 6.92 Å². The van der Waals surface area contributed by atoms with Gasteiger partial charge in [-0.05, 0) is 53.2 Å². The Morgan fingerprint density at radius 3 is 2.50 bits per heavy atom. The number of hydrogen-bond acceptors (Lipinski definition) is 4. The fraction of sp³-hybridized carbons (Fsp3) is 0.375. The molecule has 0 bridgehead atoms. The molecule has 0 radical (unpaired) electrons. The summed E-state index contributed by atoms with van der Waals surface area (Å²) in [5.41, 5.74) is 5.97. The highest BCUT2D eigenvalue weighted by molar-refractivity contribution is 5.97. The van der Waals surface area contributed by atoms with Crippen LogP contribution in [0.3, 0.4) is 0 Å². The third-order valence-electron chi connectivity index (χ3n) is 4.68. The van der Waals surface area contributed by atoms with Gasteiger partial charge in [0.2, 0.25) is 0 Å². The fourth-order valence-corrected chi connectivity index (χ4v) is 3.10. The van der Waals surface area contributed by atoms with Gasteiger partial charge in [0.1, 0.15) is 5.75 Å². The van der Waals surface area contributed by atoms with E-state index in [0.29, 0.717) is 11.7 Å². The van der Waals surface area contributed by atoms with Gasteiger partial charge in [0, 0.05) is 18.7 Å². The zero-order valence-corrected chi connectivity index (χ0v) is 17.7. The van der Waals surface area contributed by atoms with E-state index in [0.717, 1.165) is 28.7 Å². The van der Waals surface area contributed by atoms with Crippen LogP contribution in [0.5, 0.6) is 5.75 Å². The van der Waals surface area contributed by atoms with E-state index in [-0.39, 0.29) is 6.79 Å². The number of ether oxygens (including phenoxy) is 3. The summed E-state index contributed by atoms with van der Waals surface area (Å²) in [6.07, 6.45) is 2.45. The molecule has 0 atom stereocenters. The van der Waals surface area contributed by atoms with Crippen LogP contribution < -0.4 is 4.74 Å². The number of carbonyl (C=O) groups excluding carboxylic acids is 1. The Hall–Kier alpha value is -2.59. The molecule has 2 aromatic rings. The van der Waals surface area contributed by atoms with Crippen molar-refractivity contribution in [2.24, 2.45) is 0 Å². The maximum atomic E-state index is 12.2. The smallest absolute Gasteiger partial charge is 0.331 e. The Balaban J connectivity index is 2.76. The van der Waals surface area contributed by atoms with Crippen LogP contribution in [0.4, 0.5) is 0 Å². The van der Waals surface area contributed by atoms with E-state index in [1.807, 2.05) is 19.1 Å². The van der Waals surface area contributed by atoms with Crippen molar-refractivity contribution < 1.29 is 19.0 Å². The number of carbonyl (C=O) groups is 1. The van der Waals surface area contributed by atoms with E-state index >= 15 is 0 Å². The molecule has 0 aliphatic heterocycles. The molecule has 4 heteroatoms. The lowest BCUT2D eigenvalue weighted by Crippen LogP contribution is -2.07. The molecule has 0 aliphatic rings. The van der Waals surface area contributed by atoms with Crippen molar-refractivity contribution in [3.8, 4) is 5.75 Å². The highest BCUT2D eigenvalue weighted by Crippen LogP contribution is 2.37. The second-order valence-corrected chi connectivity index (χ2v) is 7.06. The molecule has 0 unspecified atom stereocenters. The van der Waals surface area contributed by atoms with Crippen LogP contribution in [0.25, 0.3) is 5.57 Å². The summed E-state index contributed by atoms with van der Waals surface area (Å²) in [7, 11) is 2.98. The van der Waals surface area contributed by atoms with E-state index in [9.17, 15) is 4.79 Å². The summed E-state index contributed by atoms with van der Waals surface area (Å²) >= 11 is 0. The monoisotopic (exact) mass is 382 g/mol. The molecule has 0 aromatic heterocycles. The number of hydrogen-bond donors (Lipinski definition) is 0. The number of rotatable bonds is 8. The molecular weight excluding hydrogens is 352 g/mol. The molecule has 4 nitrogen and oxygen atoms in total. The van der Waals surface area contributed by atoms with Crippen LogP contribution in [-0.2, 0) is 20.7 Å². The number of aryl methyl sites for hydroxylation is 2. The number of esters is 1. The van der Waals surface area contributed by atoms with Crippen LogP contribution >= 0.6 is 0 Å². The lowest BCUT2D eigenvalue weighted by molar-refractivity contribution is -0.134. The van der Waals surface area contributed by atoms with Gasteiger partial charge in [0.05, 0.1) is 7.11 Å². The molecular formula is C24H30O4. The Bertz CT molecular complexity index is 850. The third kappa shape index (κ3) is 5.23. The van der Waals surface area contributed by atoms with Crippen molar-refractivity contribution in [1.29, 1.82) is 0 Å². The zero-order valence-electron chi connectivity index (χ0n) is 17.7. The van der Waals surface area contributed by atoms with Gasteiger partial charge in [-0.2, -0.15) is 0 Å². The van der Waals surface area contributed by atoms with Gasteiger partial charge in [0.25, 0.3) is 0 Å². The quantitative estimate of drug-likeness (QED) is 0.354. The topological polar surface area (TPSA) is 44.8 Å². The zero-order chi connectivity index (χ0) is 20.7. The van der Waals surface area contributed by atoms with E-state index in [1.54, 1.807) is 7.11 Å². The maximum absolute atomic E-state index is 12.2. The molecule has 0 aliphatic carbocycles. The van der Waals surface area contributed by atoms with Gasteiger partial charge < -0.3 is 14.2 Å². The average Bonchev–Trinajstić information content (AvgIpc) is 2.70. The molecule has 0 N–H and O–H groups in total. The van der Waals surface area contributed by atoms with Crippen LogP contribution in [0.2, 0.25) is 0 Å². The van der Waals surface area contributed by atoms with E-state index in [2.05, 4.69) is 45.0 Å². The molecule has 2 rings (SSSR count). The first-order chi connectivity index (χ1) is 13.4. The lowest BCUT2D eigenvalue weighted by Gasteiger charge is -2.20. The SMILES string of the molecule is CCc1cccc(/C(=C\C(=O)OC)c2cc(C(C)C)cc(C)c2OCOC)c1. The van der Waals surface area contributed by atoms with Gasteiger partial charge in [-0.25, -0.2) is 4.79 Å². The van der Waals surface area contributed by atoms with Gasteiger partial charge in [-0.15, -0.1) is 0 Å². The summed E-state index contributed by atoms with van der Waals surface area (Å²) in [6, 6.07) is 12.4. The first-order valence-electron chi connectivity index (χ1n) is 9.56. The molecule has 0 saturated heterocycles. The molecule has 150 valence electrons. The third-order valence-corrected chi connectivity index (χ3v) is 4.68. The Labute approximate surface area is 168 Å². The summed E-state index contributed by atoms with van der Waals surface area (Å²) in [6.45, 7) is 8.55. The minimum atomic E-state index is -0.401. The van der Waals surface area contributed by atoms with Crippen LogP contribution in [0.1, 0.15) is 54.5 Å².